The Hall–Kier alpha value is -1.98. The fourth-order valence-electron chi connectivity index (χ4n) is 2.72. The van der Waals surface area contributed by atoms with Crippen LogP contribution in [0, 0.1) is 0 Å². The molecular formula is C17H11F2NS2. The second-order valence-corrected chi connectivity index (χ2v) is 6.79. The summed E-state index contributed by atoms with van der Waals surface area (Å²) in [6, 6.07) is 13.6. The molecule has 0 amide bonds. The van der Waals surface area contributed by atoms with Crippen molar-refractivity contribution in [2.75, 3.05) is 0 Å². The summed E-state index contributed by atoms with van der Waals surface area (Å²) in [5.41, 5.74) is 3.37. The summed E-state index contributed by atoms with van der Waals surface area (Å²) >= 11 is 2.71. The van der Waals surface area contributed by atoms with E-state index in [9.17, 15) is 8.78 Å². The quantitative estimate of drug-likeness (QED) is 0.437. The van der Waals surface area contributed by atoms with E-state index in [4.69, 9.17) is 0 Å². The highest BCUT2D eigenvalue weighted by molar-refractivity contribution is 7.13. The number of thiophene rings is 2. The number of para-hydroxylation sites is 1. The van der Waals surface area contributed by atoms with Crippen LogP contribution in [0.15, 0.2) is 53.2 Å². The first kappa shape index (κ1) is 13.7. The predicted molar refractivity (Wildman–Crippen MR) is 89.9 cm³/mol. The molecule has 110 valence electrons. The first-order valence-corrected chi connectivity index (χ1v) is 8.52. The van der Waals surface area contributed by atoms with Crippen molar-refractivity contribution >= 4 is 33.6 Å². The lowest BCUT2D eigenvalue weighted by molar-refractivity contribution is 0.156. The highest BCUT2D eigenvalue weighted by Gasteiger charge is 2.22. The Morgan fingerprint density at radius 2 is 1.77 bits per heavy atom. The molecule has 0 bridgehead atoms. The number of benzene rings is 1. The molecular weight excluding hydrogens is 320 g/mol. The van der Waals surface area contributed by atoms with Crippen molar-refractivity contribution in [2.24, 2.45) is 0 Å². The maximum absolute atomic E-state index is 13.3. The van der Waals surface area contributed by atoms with Gasteiger partial charge in [-0.05, 0) is 29.0 Å². The molecule has 0 atom stereocenters. The van der Waals surface area contributed by atoms with E-state index in [1.807, 2.05) is 41.8 Å². The van der Waals surface area contributed by atoms with Crippen molar-refractivity contribution in [2.45, 2.75) is 6.43 Å². The van der Waals surface area contributed by atoms with Crippen LogP contribution >= 0.6 is 22.7 Å². The maximum Gasteiger partial charge on any atom is 0.273 e. The molecule has 3 heterocycles. The van der Waals surface area contributed by atoms with Crippen molar-refractivity contribution in [1.82, 2.24) is 4.98 Å². The van der Waals surface area contributed by atoms with Crippen LogP contribution in [-0.2, 0) is 0 Å². The van der Waals surface area contributed by atoms with Crippen molar-refractivity contribution in [3.8, 4) is 21.7 Å². The van der Waals surface area contributed by atoms with Crippen molar-refractivity contribution < 1.29 is 8.78 Å². The zero-order chi connectivity index (χ0) is 15.1. The second kappa shape index (κ2) is 5.34. The van der Waals surface area contributed by atoms with E-state index < -0.39 is 6.43 Å². The Morgan fingerprint density at radius 1 is 0.909 bits per heavy atom. The molecule has 0 fully saturated rings. The molecule has 0 aliphatic carbocycles. The van der Waals surface area contributed by atoms with Crippen LogP contribution in [-0.4, -0.2) is 4.98 Å². The molecule has 1 aromatic carbocycles. The molecule has 0 radical (unpaired) electrons. The molecule has 1 N–H and O–H groups in total. The molecule has 1 nitrogen and oxygen atoms in total. The van der Waals surface area contributed by atoms with Crippen LogP contribution in [0.3, 0.4) is 0 Å². The van der Waals surface area contributed by atoms with Gasteiger partial charge in [-0.1, -0.05) is 24.3 Å². The molecule has 0 saturated heterocycles. The number of rotatable bonds is 3. The molecule has 5 heteroatoms. The number of aromatic nitrogens is 1. The zero-order valence-electron chi connectivity index (χ0n) is 11.3. The largest absolute Gasteiger partial charge is 0.353 e. The number of H-pyrrole nitrogens is 1. The number of hydrogen-bond acceptors (Lipinski definition) is 2. The van der Waals surface area contributed by atoms with Gasteiger partial charge in [0.1, 0.15) is 0 Å². The van der Waals surface area contributed by atoms with Gasteiger partial charge in [0.25, 0.3) is 6.43 Å². The van der Waals surface area contributed by atoms with Crippen LogP contribution in [0.1, 0.15) is 11.3 Å². The Morgan fingerprint density at radius 3 is 2.55 bits per heavy atom. The van der Waals surface area contributed by atoms with E-state index in [0.29, 0.717) is 5.56 Å². The third-order valence-corrected chi connectivity index (χ3v) is 5.45. The van der Waals surface area contributed by atoms with E-state index in [0.717, 1.165) is 38.4 Å². The Labute approximate surface area is 133 Å². The van der Waals surface area contributed by atoms with Gasteiger partial charge in [-0.3, -0.25) is 0 Å². The fourth-order valence-corrected chi connectivity index (χ4v) is 4.21. The predicted octanol–water partition coefficient (Wildman–Crippen LogP) is 6.56. The number of aromatic amines is 1. The van der Waals surface area contributed by atoms with Crippen LogP contribution in [0.25, 0.3) is 32.6 Å². The number of hydrogen-bond donors (Lipinski definition) is 1. The van der Waals surface area contributed by atoms with Gasteiger partial charge in [0, 0.05) is 22.0 Å². The van der Waals surface area contributed by atoms with Gasteiger partial charge in [0.15, 0.2) is 0 Å². The van der Waals surface area contributed by atoms with E-state index in [1.165, 1.54) is 0 Å². The number of alkyl halides is 2. The van der Waals surface area contributed by atoms with Crippen molar-refractivity contribution in [3.63, 3.8) is 0 Å². The Kier molecular flexibility index (Phi) is 3.32. The summed E-state index contributed by atoms with van der Waals surface area (Å²) < 4.78 is 26.7. The summed E-state index contributed by atoms with van der Waals surface area (Å²) in [7, 11) is 0. The van der Waals surface area contributed by atoms with Gasteiger partial charge in [-0.25, -0.2) is 8.78 Å². The molecule has 4 rings (SSSR count). The normalized spacial score (nSPS) is 11.6. The van der Waals surface area contributed by atoms with Crippen LogP contribution in [0.2, 0.25) is 0 Å². The highest BCUT2D eigenvalue weighted by atomic mass is 32.1. The first-order chi connectivity index (χ1) is 10.8. The number of fused-ring (bicyclic) bond motifs is 1. The van der Waals surface area contributed by atoms with Crippen LogP contribution < -0.4 is 0 Å². The molecule has 4 aromatic rings. The summed E-state index contributed by atoms with van der Waals surface area (Å²) in [6.07, 6.45) is -2.46. The van der Waals surface area contributed by atoms with E-state index >= 15 is 0 Å². The van der Waals surface area contributed by atoms with Crippen LogP contribution in [0.4, 0.5) is 8.78 Å². The van der Waals surface area contributed by atoms with E-state index in [-0.39, 0.29) is 4.88 Å². The minimum atomic E-state index is -2.46. The number of nitrogens with one attached hydrogen (secondary N) is 1. The van der Waals surface area contributed by atoms with E-state index in [1.54, 1.807) is 22.8 Å². The summed E-state index contributed by atoms with van der Waals surface area (Å²) in [5, 5.41) is 4.70. The minimum absolute atomic E-state index is 0.127. The maximum atomic E-state index is 13.3. The smallest absolute Gasteiger partial charge is 0.273 e. The third-order valence-electron chi connectivity index (χ3n) is 3.64. The standard InChI is InChI=1S/C17H11F2NS2/c18-17(19)16-11(7-9-22-16)14-10-4-1-2-5-12(10)20-15(14)13-6-3-8-21-13/h1-9,17,20H. The molecule has 0 spiro atoms. The lowest BCUT2D eigenvalue weighted by Crippen LogP contribution is -1.85. The van der Waals surface area contributed by atoms with Crippen molar-refractivity contribution in [3.05, 3.63) is 58.1 Å². The third kappa shape index (κ3) is 2.09. The zero-order valence-corrected chi connectivity index (χ0v) is 13.0. The summed E-state index contributed by atoms with van der Waals surface area (Å²) in [6.45, 7) is 0. The first-order valence-electron chi connectivity index (χ1n) is 6.76. The SMILES string of the molecule is FC(F)c1sccc1-c1c(-c2cccs2)[nH]c2ccccc12. The molecule has 22 heavy (non-hydrogen) atoms. The summed E-state index contributed by atoms with van der Waals surface area (Å²) in [5.74, 6) is 0. The Balaban J connectivity index is 2.07. The van der Waals surface area contributed by atoms with Gasteiger partial charge in [-0.15, -0.1) is 22.7 Å². The average molecular weight is 331 g/mol. The van der Waals surface area contributed by atoms with Gasteiger partial charge in [0.05, 0.1) is 15.4 Å². The molecule has 3 aromatic heterocycles. The second-order valence-electron chi connectivity index (χ2n) is 4.90. The topological polar surface area (TPSA) is 15.8 Å². The minimum Gasteiger partial charge on any atom is -0.353 e. The summed E-state index contributed by atoms with van der Waals surface area (Å²) in [4.78, 5) is 4.57. The molecule has 0 aliphatic rings. The van der Waals surface area contributed by atoms with Gasteiger partial charge >= 0.3 is 0 Å². The van der Waals surface area contributed by atoms with Gasteiger partial charge in [0.2, 0.25) is 0 Å². The number of halogens is 2. The fraction of sp³-hybridized carbons (Fsp3) is 0.0588. The molecule has 0 aliphatic heterocycles. The molecule has 0 unspecified atom stereocenters. The van der Waals surface area contributed by atoms with E-state index in [2.05, 4.69) is 4.98 Å². The lowest BCUT2D eigenvalue weighted by atomic mass is 10.0. The lowest BCUT2D eigenvalue weighted by Gasteiger charge is -2.05. The Bertz CT molecular complexity index is 919. The van der Waals surface area contributed by atoms with Gasteiger partial charge in [-0.2, -0.15) is 0 Å². The van der Waals surface area contributed by atoms with Crippen molar-refractivity contribution in [1.29, 1.82) is 0 Å². The average Bonchev–Trinajstić information content (AvgIpc) is 3.24. The monoisotopic (exact) mass is 331 g/mol. The highest BCUT2D eigenvalue weighted by Crippen LogP contribution is 2.44. The van der Waals surface area contributed by atoms with Gasteiger partial charge < -0.3 is 4.98 Å². The molecule has 0 saturated carbocycles. The van der Waals surface area contributed by atoms with Crippen LogP contribution in [0.5, 0.6) is 0 Å².